The summed E-state index contributed by atoms with van der Waals surface area (Å²) in [5, 5.41) is 3.84. The largest absolute Gasteiger partial charge is 0.497 e. The molecule has 4 nitrogen and oxygen atoms in total. The van der Waals surface area contributed by atoms with E-state index in [-0.39, 0.29) is 0 Å². The molecular weight excluding hydrogens is 290 g/mol. The Labute approximate surface area is 125 Å². The van der Waals surface area contributed by atoms with Crippen molar-refractivity contribution in [3.63, 3.8) is 0 Å². The topological polar surface area (TPSA) is 61.0 Å². The average molecular weight is 305 g/mol. The molecule has 0 amide bonds. The molecular formula is C14H15N3OS2. The number of aryl methyl sites for hydroxylation is 2. The van der Waals surface area contributed by atoms with Crippen LogP contribution in [0.1, 0.15) is 17.1 Å². The highest BCUT2D eigenvalue weighted by atomic mass is 32.1. The molecule has 0 spiro atoms. The van der Waals surface area contributed by atoms with Gasteiger partial charge in [-0.15, -0.1) is 22.7 Å². The summed E-state index contributed by atoms with van der Waals surface area (Å²) in [6, 6.07) is 6.00. The first kappa shape index (κ1) is 13.3. The second-order valence-corrected chi connectivity index (χ2v) is 6.48. The van der Waals surface area contributed by atoms with Crippen LogP contribution in [-0.2, 0) is 12.8 Å². The second-order valence-electron chi connectivity index (χ2n) is 4.47. The minimum absolute atomic E-state index is 0.645. The van der Waals surface area contributed by atoms with Crippen molar-refractivity contribution in [3.8, 4) is 5.75 Å². The maximum absolute atomic E-state index is 5.63. The Hall–Kier alpha value is -1.66. The van der Waals surface area contributed by atoms with Gasteiger partial charge in [0.25, 0.3) is 0 Å². The normalized spacial score (nSPS) is 11.1. The minimum atomic E-state index is 0.645. The third-order valence-electron chi connectivity index (χ3n) is 3.03. The lowest BCUT2D eigenvalue weighted by Crippen LogP contribution is -1.90. The predicted octanol–water partition coefficient (Wildman–Crippen LogP) is 3.52. The fourth-order valence-electron chi connectivity index (χ4n) is 2.04. The highest BCUT2D eigenvalue weighted by molar-refractivity contribution is 7.18. The smallest absolute Gasteiger partial charge is 0.180 e. The molecule has 0 radical (unpaired) electrons. The molecule has 2 heterocycles. The molecule has 20 heavy (non-hydrogen) atoms. The van der Waals surface area contributed by atoms with Crippen molar-refractivity contribution in [1.29, 1.82) is 0 Å². The zero-order valence-corrected chi connectivity index (χ0v) is 12.8. The molecule has 104 valence electrons. The number of ether oxygens (including phenoxy) is 1. The lowest BCUT2D eigenvalue weighted by atomic mass is 10.2. The van der Waals surface area contributed by atoms with Gasteiger partial charge in [0.1, 0.15) is 5.75 Å². The predicted molar refractivity (Wildman–Crippen MR) is 84.7 cm³/mol. The molecule has 1 aromatic carbocycles. The second kappa shape index (κ2) is 5.76. The molecule has 0 aliphatic carbocycles. The molecule has 0 fully saturated rings. The summed E-state index contributed by atoms with van der Waals surface area (Å²) in [7, 11) is 1.68. The zero-order chi connectivity index (χ0) is 13.9. The van der Waals surface area contributed by atoms with Crippen LogP contribution in [0.3, 0.4) is 0 Å². The molecule has 3 aromatic rings. The van der Waals surface area contributed by atoms with Gasteiger partial charge in [-0.05, 0) is 37.5 Å². The van der Waals surface area contributed by atoms with Crippen molar-refractivity contribution >= 4 is 38.0 Å². The van der Waals surface area contributed by atoms with Crippen LogP contribution in [0.15, 0.2) is 23.6 Å². The Morgan fingerprint density at radius 2 is 2.15 bits per heavy atom. The number of methoxy groups -OCH3 is 1. The van der Waals surface area contributed by atoms with Gasteiger partial charge in [-0.25, -0.2) is 9.97 Å². The summed E-state index contributed by atoms with van der Waals surface area (Å²) in [5.41, 5.74) is 7.75. The first-order valence-corrected chi connectivity index (χ1v) is 8.07. The van der Waals surface area contributed by atoms with Gasteiger partial charge in [0.2, 0.25) is 0 Å². The molecule has 0 unspecified atom stereocenters. The monoisotopic (exact) mass is 305 g/mol. The number of fused-ring (bicyclic) bond motifs is 1. The van der Waals surface area contributed by atoms with E-state index in [0.29, 0.717) is 5.13 Å². The molecule has 2 aromatic heterocycles. The maximum atomic E-state index is 5.63. The van der Waals surface area contributed by atoms with Gasteiger partial charge in [0.05, 0.1) is 28.0 Å². The third-order valence-corrected chi connectivity index (χ3v) is 4.83. The maximum Gasteiger partial charge on any atom is 0.180 e. The van der Waals surface area contributed by atoms with Crippen LogP contribution in [0, 0.1) is 0 Å². The lowest BCUT2D eigenvalue weighted by molar-refractivity contribution is 0.415. The zero-order valence-electron chi connectivity index (χ0n) is 11.1. The Balaban J connectivity index is 1.65. The average Bonchev–Trinajstić information content (AvgIpc) is 3.03. The van der Waals surface area contributed by atoms with Crippen LogP contribution >= 0.6 is 22.7 Å². The van der Waals surface area contributed by atoms with E-state index in [2.05, 4.69) is 9.97 Å². The number of nitrogens with zero attached hydrogens (tertiary/aromatic N) is 2. The summed E-state index contributed by atoms with van der Waals surface area (Å²) in [4.78, 5) is 8.92. The SMILES string of the molecule is COc1ccc2nc(CCCc3csc(N)n3)sc2c1. The number of nitrogens with two attached hydrogens (primary N) is 1. The Morgan fingerprint density at radius 1 is 1.25 bits per heavy atom. The van der Waals surface area contributed by atoms with E-state index in [1.807, 2.05) is 23.6 Å². The van der Waals surface area contributed by atoms with Crippen molar-refractivity contribution in [2.45, 2.75) is 19.3 Å². The Kier molecular flexibility index (Phi) is 3.84. The van der Waals surface area contributed by atoms with E-state index in [4.69, 9.17) is 10.5 Å². The van der Waals surface area contributed by atoms with E-state index < -0.39 is 0 Å². The number of benzene rings is 1. The molecule has 6 heteroatoms. The van der Waals surface area contributed by atoms with Crippen molar-refractivity contribution in [3.05, 3.63) is 34.3 Å². The van der Waals surface area contributed by atoms with E-state index >= 15 is 0 Å². The van der Waals surface area contributed by atoms with Gasteiger partial charge < -0.3 is 10.5 Å². The molecule has 0 aliphatic heterocycles. The molecule has 0 atom stereocenters. The third kappa shape index (κ3) is 2.91. The summed E-state index contributed by atoms with van der Waals surface area (Å²) >= 11 is 3.23. The first-order chi connectivity index (χ1) is 9.74. The van der Waals surface area contributed by atoms with E-state index in [1.54, 1.807) is 18.4 Å². The van der Waals surface area contributed by atoms with Gasteiger partial charge in [0, 0.05) is 5.38 Å². The van der Waals surface area contributed by atoms with E-state index in [9.17, 15) is 0 Å². The van der Waals surface area contributed by atoms with E-state index in [1.165, 1.54) is 16.0 Å². The molecule has 0 bridgehead atoms. The van der Waals surface area contributed by atoms with Crippen LogP contribution in [-0.4, -0.2) is 17.1 Å². The van der Waals surface area contributed by atoms with Crippen molar-refractivity contribution in [2.24, 2.45) is 0 Å². The standard InChI is InChI=1S/C14H15N3OS2/c1-18-10-5-6-11-12(7-10)20-13(17-11)4-2-3-9-8-19-14(15)16-9/h5-8H,2-4H2,1H3,(H2,15,16). The van der Waals surface area contributed by atoms with Crippen LogP contribution in [0.4, 0.5) is 5.13 Å². The molecule has 0 saturated heterocycles. The molecule has 0 aliphatic rings. The summed E-state index contributed by atoms with van der Waals surface area (Å²) in [6.45, 7) is 0. The van der Waals surface area contributed by atoms with Crippen LogP contribution in [0.2, 0.25) is 0 Å². The van der Waals surface area contributed by atoms with Crippen molar-refractivity contribution in [2.75, 3.05) is 12.8 Å². The highest BCUT2D eigenvalue weighted by Crippen LogP contribution is 2.27. The minimum Gasteiger partial charge on any atom is -0.497 e. The van der Waals surface area contributed by atoms with Crippen LogP contribution in [0.25, 0.3) is 10.2 Å². The quantitative estimate of drug-likeness (QED) is 0.783. The van der Waals surface area contributed by atoms with Gasteiger partial charge in [-0.2, -0.15) is 0 Å². The Bertz CT molecular complexity index is 720. The van der Waals surface area contributed by atoms with Gasteiger partial charge in [-0.3, -0.25) is 0 Å². The van der Waals surface area contributed by atoms with Crippen LogP contribution in [0.5, 0.6) is 5.75 Å². The Morgan fingerprint density at radius 3 is 2.90 bits per heavy atom. The number of thiazole rings is 2. The molecule has 3 rings (SSSR count). The van der Waals surface area contributed by atoms with Gasteiger partial charge in [0.15, 0.2) is 5.13 Å². The summed E-state index contributed by atoms with van der Waals surface area (Å²) in [5.74, 6) is 0.880. The fourth-order valence-corrected chi connectivity index (χ4v) is 3.68. The van der Waals surface area contributed by atoms with Gasteiger partial charge in [-0.1, -0.05) is 0 Å². The van der Waals surface area contributed by atoms with Gasteiger partial charge >= 0.3 is 0 Å². The van der Waals surface area contributed by atoms with E-state index in [0.717, 1.165) is 41.2 Å². The number of aromatic nitrogens is 2. The first-order valence-electron chi connectivity index (χ1n) is 6.38. The number of hydrogen-bond donors (Lipinski definition) is 1. The van der Waals surface area contributed by atoms with Crippen molar-refractivity contribution < 1.29 is 4.74 Å². The lowest BCUT2D eigenvalue weighted by Gasteiger charge is -1.96. The summed E-state index contributed by atoms with van der Waals surface area (Å²) < 4.78 is 6.41. The summed E-state index contributed by atoms with van der Waals surface area (Å²) in [6.07, 6.45) is 2.96. The fraction of sp³-hybridized carbons (Fsp3) is 0.286. The number of nitrogen functional groups attached to an aromatic ring is 1. The molecule has 0 saturated carbocycles. The number of anilines is 1. The molecule has 2 N–H and O–H groups in total. The van der Waals surface area contributed by atoms with Crippen LogP contribution < -0.4 is 10.5 Å². The van der Waals surface area contributed by atoms with Crippen molar-refractivity contribution in [1.82, 2.24) is 9.97 Å². The number of hydrogen-bond acceptors (Lipinski definition) is 6. The highest BCUT2D eigenvalue weighted by Gasteiger charge is 2.06. The number of rotatable bonds is 5.